The Hall–Kier alpha value is -1.49. The molecular formula is C14H25N3O2. The predicted molar refractivity (Wildman–Crippen MR) is 77.1 cm³/mol. The summed E-state index contributed by atoms with van der Waals surface area (Å²) in [5.74, 6) is -0.203. The van der Waals surface area contributed by atoms with Gasteiger partial charge >= 0.3 is 0 Å². The van der Waals surface area contributed by atoms with E-state index in [1.54, 1.807) is 12.3 Å². The van der Waals surface area contributed by atoms with Crippen LogP contribution in [0.5, 0.6) is 0 Å². The second-order valence-electron chi connectivity index (χ2n) is 5.27. The normalized spacial score (nSPS) is 11.9. The molecule has 5 nitrogen and oxygen atoms in total. The van der Waals surface area contributed by atoms with E-state index < -0.39 is 5.60 Å². The highest BCUT2D eigenvalue weighted by Crippen LogP contribution is 2.17. The molecule has 0 fully saturated rings. The number of nitrogens with two attached hydrogens (primary N) is 1. The van der Waals surface area contributed by atoms with Crippen molar-refractivity contribution in [2.75, 3.05) is 12.3 Å². The number of carbonyl (C=O) groups excluding carboxylic acids is 1. The molecule has 0 aromatic carbocycles. The zero-order valence-corrected chi connectivity index (χ0v) is 12.2. The summed E-state index contributed by atoms with van der Waals surface area (Å²) in [6.07, 6.45) is 2.97. The van der Waals surface area contributed by atoms with Gasteiger partial charge in [-0.15, -0.1) is 0 Å². The number of hydrogen-bond donors (Lipinski definition) is 3. The lowest BCUT2D eigenvalue weighted by Gasteiger charge is -2.25. The summed E-state index contributed by atoms with van der Waals surface area (Å²) in [5.41, 5.74) is 6.00. The summed E-state index contributed by atoms with van der Waals surface area (Å²) < 4.78 is 1.83. The van der Waals surface area contributed by atoms with Crippen molar-refractivity contribution in [2.24, 2.45) is 0 Å². The molecule has 0 unspecified atom stereocenters. The van der Waals surface area contributed by atoms with Crippen LogP contribution in [-0.4, -0.2) is 27.7 Å². The smallest absolute Gasteiger partial charge is 0.268 e. The molecule has 0 aliphatic rings. The number of hydrogen-bond acceptors (Lipinski definition) is 3. The Kier molecular flexibility index (Phi) is 5.00. The van der Waals surface area contributed by atoms with Crippen LogP contribution in [0.25, 0.3) is 0 Å². The molecule has 1 heterocycles. The van der Waals surface area contributed by atoms with Crippen molar-refractivity contribution in [3.05, 3.63) is 18.0 Å². The topological polar surface area (TPSA) is 80.3 Å². The Balaban J connectivity index is 2.79. The van der Waals surface area contributed by atoms with Gasteiger partial charge in [0.05, 0.1) is 11.3 Å². The molecule has 1 aromatic rings. The van der Waals surface area contributed by atoms with Gasteiger partial charge in [-0.05, 0) is 32.8 Å². The largest absolute Gasteiger partial charge is 0.397 e. The third kappa shape index (κ3) is 3.73. The third-order valence-corrected chi connectivity index (χ3v) is 3.55. The van der Waals surface area contributed by atoms with Crippen LogP contribution < -0.4 is 11.1 Å². The van der Waals surface area contributed by atoms with Crippen LogP contribution in [-0.2, 0) is 0 Å². The minimum atomic E-state index is -0.837. The maximum absolute atomic E-state index is 12.2. The minimum absolute atomic E-state index is 0.161. The molecule has 19 heavy (non-hydrogen) atoms. The number of rotatable bonds is 6. The lowest BCUT2D eigenvalue weighted by atomic mass is 9.97. The Morgan fingerprint density at radius 3 is 2.53 bits per heavy atom. The number of aliphatic hydroxyl groups is 1. The molecule has 0 spiro atoms. The maximum atomic E-state index is 12.2. The number of nitrogens with zero attached hydrogens (tertiary/aromatic N) is 1. The SMILES string of the molecule is CCC(O)(CC)CNC(=O)c1cc(N)cn1C(C)C. The molecule has 0 aliphatic heterocycles. The van der Waals surface area contributed by atoms with Crippen LogP contribution in [0.15, 0.2) is 12.3 Å². The van der Waals surface area contributed by atoms with E-state index in [1.807, 2.05) is 32.3 Å². The van der Waals surface area contributed by atoms with E-state index in [9.17, 15) is 9.90 Å². The van der Waals surface area contributed by atoms with Crippen LogP contribution in [0.2, 0.25) is 0 Å². The quantitative estimate of drug-likeness (QED) is 0.736. The van der Waals surface area contributed by atoms with E-state index in [2.05, 4.69) is 5.32 Å². The highest BCUT2D eigenvalue weighted by Gasteiger charge is 2.24. The van der Waals surface area contributed by atoms with E-state index in [1.165, 1.54) is 0 Å². The van der Waals surface area contributed by atoms with Crippen LogP contribution in [0, 0.1) is 0 Å². The molecule has 1 amide bonds. The number of nitrogen functional groups attached to an aromatic ring is 1. The van der Waals surface area contributed by atoms with Crippen molar-refractivity contribution >= 4 is 11.6 Å². The standard InChI is InChI=1S/C14H25N3O2/c1-5-14(19,6-2)9-16-13(18)12-7-11(15)8-17(12)10(3)4/h7-8,10,19H,5-6,9,15H2,1-4H3,(H,16,18). The zero-order chi connectivity index (χ0) is 14.6. The Bertz CT molecular complexity index is 434. The second-order valence-corrected chi connectivity index (χ2v) is 5.27. The lowest BCUT2D eigenvalue weighted by molar-refractivity contribution is 0.0312. The average molecular weight is 267 g/mol. The van der Waals surface area contributed by atoms with Crippen LogP contribution in [0.3, 0.4) is 0 Å². The van der Waals surface area contributed by atoms with E-state index in [4.69, 9.17) is 5.73 Å². The van der Waals surface area contributed by atoms with Crippen molar-refractivity contribution in [3.63, 3.8) is 0 Å². The van der Waals surface area contributed by atoms with Crippen molar-refractivity contribution in [1.29, 1.82) is 0 Å². The van der Waals surface area contributed by atoms with Gasteiger partial charge in [0, 0.05) is 18.8 Å². The van der Waals surface area contributed by atoms with Crippen LogP contribution >= 0.6 is 0 Å². The molecule has 0 atom stereocenters. The number of carbonyl (C=O) groups is 1. The molecule has 4 N–H and O–H groups in total. The first-order chi connectivity index (χ1) is 8.83. The van der Waals surface area contributed by atoms with Gasteiger partial charge in [0.15, 0.2) is 0 Å². The molecule has 0 aliphatic carbocycles. The number of nitrogens with one attached hydrogen (secondary N) is 1. The fraction of sp³-hybridized carbons (Fsp3) is 0.643. The van der Waals surface area contributed by atoms with Gasteiger partial charge in [0.1, 0.15) is 5.69 Å². The molecule has 0 radical (unpaired) electrons. The van der Waals surface area contributed by atoms with Crippen LogP contribution in [0.4, 0.5) is 5.69 Å². The monoisotopic (exact) mass is 267 g/mol. The van der Waals surface area contributed by atoms with E-state index >= 15 is 0 Å². The molecule has 108 valence electrons. The van der Waals surface area contributed by atoms with E-state index in [0.717, 1.165) is 0 Å². The van der Waals surface area contributed by atoms with Crippen molar-refractivity contribution < 1.29 is 9.90 Å². The van der Waals surface area contributed by atoms with Crippen molar-refractivity contribution in [3.8, 4) is 0 Å². The van der Waals surface area contributed by atoms with Crippen molar-refractivity contribution in [1.82, 2.24) is 9.88 Å². The molecule has 0 bridgehead atoms. The predicted octanol–water partition coefficient (Wildman–Crippen LogP) is 1.93. The molecule has 1 aromatic heterocycles. The molecule has 1 rings (SSSR count). The third-order valence-electron chi connectivity index (χ3n) is 3.55. The van der Waals surface area contributed by atoms with Gasteiger partial charge < -0.3 is 20.7 Å². The molecule has 0 saturated carbocycles. The molecular weight excluding hydrogens is 242 g/mol. The Morgan fingerprint density at radius 2 is 2.05 bits per heavy atom. The number of anilines is 1. The summed E-state index contributed by atoms with van der Waals surface area (Å²) >= 11 is 0. The fourth-order valence-electron chi connectivity index (χ4n) is 1.95. The Labute approximate surface area is 114 Å². The first-order valence-electron chi connectivity index (χ1n) is 6.81. The van der Waals surface area contributed by atoms with Gasteiger partial charge in [-0.25, -0.2) is 0 Å². The zero-order valence-electron chi connectivity index (χ0n) is 12.2. The Morgan fingerprint density at radius 1 is 1.47 bits per heavy atom. The number of aromatic nitrogens is 1. The summed E-state index contributed by atoms with van der Waals surface area (Å²) in [4.78, 5) is 12.2. The first kappa shape index (κ1) is 15.6. The summed E-state index contributed by atoms with van der Waals surface area (Å²) in [7, 11) is 0. The van der Waals surface area contributed by atoms with Gasteiger partial charge in [0.2, 0.25) is 0 Å². The first-order valence-corrected chi connectivity index (χ1v) is 6.81. The maximum Gasteiger partial charge on any atom is 0.268 e. The number of amides is 1. The van der Waals surface area contributed by atoms with Gasteiger partial charge in [0.25, 0.3) is 5.91 Å². The molecule has 5 heteroatoms. The lowest BCUT2D eigenvalue weighted by Crippen LogP contribution is -2.42. The van der Waals surface area contributed by atoms with Crippen molar-refractivity contribution in [2.45, 2.75) is 52.2 Å². The summed E-state index contributed by atoms with van der Waals surface area (Å²) in [6, 6.07) is 1.82. The van der Waals surface area contributed by atoms with Gasteiger partial charge in [-0.3, -0.25) is 4.79 Å². The fourth-order valence-corrected chi connectivity index (χ4v) is 1.95. The average Bonchev–Trinajstić information content (AvgIpc) is 2.78. The summed E-state index contributed by atoms with van der Waals surface area (Å²) in [6.45, 7) is 8.05. The molecule has 0 saturated heterocycles. The van der Waals surface area contributed by atoms with Gasteiger partial charge in [-0.2, -0.15) is 0 Å². The van der Waals surface area contributed by atoms with E-state index in [0.29, 0.717) is 24.2 Å². The van der Waals surface area contributed by atoms with E-state index in [-0.39, 0.29) is 18.5 Å². The highest BCUT2D eigenvalue weighted by molar-refractivity contribution is 5.93. The second kappa shape index (κ2) is 6.10. The summed E-state index contributed by atoms with van der Waals surface area (Å²) in [5, 5.41) is 12.9. The van der Waals surface area contributed by atoms with Gasteiger partial charge in [-0.1, -0.05) is 13.8 Å². The highest BCUT2D eigenvalue weighted by atomic mass is 16.3. The minimum Gasteiger partial charge on any atom is -0.397 e. The van der Waals surface area contributed by atoms with Crippen LogP contribution in [0.1, 0.15) is 57.1 Å².